The van der Waals surface area contributed by atoms with Gasteiger partial charge in [-0.1, -0.05) is 18.2 Å². The number of benzene rings is 1. The van der Waals surface area contributed by atoms with Crippen molar-refractivity contribution >= 4 is 11.9 Å². The highest BCUT2D eigenvalue weighted by molar-refractivity contribution is 5.83. The molecule has 0 saturated carbocycles. The van der Waals surface area contributed by atoms with E-state index in [2.05, 4.69) is 10.1 Å². The van der Waals surface area contributed by atoms with Crippen LogP contribution in [0.1, 0.15) is 5.56 Å². The van der Waals surface area contributed by atoms with E-state index in [0.29, 0.717) is 5.56 Å². The number of halogens is 1. The Morgan fingerprint density at radius 3 is 2.69 bits per heavy atom. The SMILES string of the molecule is COC(=O)CNC(=O)Cc1ccccc1F. The summed E-state index contributed by atoms with van der Waals surface area (Å²) in [6, 6.07) is 5.99. The lowest BCUT2D eigenvalue weighted by atomic mass is 10.1. The standard InChI is InChI=1S/C11H12FNO3/c1-16-11(15)7-13-10(14)6-8-4-2-3-5-9(8)12/h2-5H,6-7H2,1H3,(H,13,14). The van der Waals surface area contributed by atoms with Crippen molar-refractivity contribution in [3.63, 3.8) is 0 Å². The summed E-state index contributed by atoms with van der Waals surface area (Å²) in [5.41, 5.74) is 0.296. The predicted octanol–water partition coefficient (Wildman–Crippen LogP) is 0.657. The smallest absolute Gasteiger partial charge is 0.325 e. The first-order chi connectivity index (χ1) is 7.63. The predicted molar refractivity (Wildman–Crippen MR) is 55.1 cm³/mol. The maximum atomic E-state index is 13.1. The number of ether oxygens (including phenoxy) is 1. The van der Waals surface area contributed by atoms with Crippen LogP contribution in [0.3, 0.4) is 0 Å². The molecule has 0 aliphatic rings. The van der Waals surface area contributed by atoms with E-state index in [1.807, 2.05) is 0 Å². The van der Waals surface area contributed by atoms with Crippen LogP contribution < -0.4 is 5.32 Å². The summed E-state index contributed by atoms with van der Waals surface area (Å²) in [6.45, 7) is -0.205. The minimum absolute atomic E-state index is 0.0936. The molecule has 0 bridgehead atoms. The molecule has 0 aliphatic carbocycles. The first-order valence-corrected chi connectivity index (χ1v) is 4.70. The minimum Gasteiger partial charge on any atom is -0.468 e. The molecule has 0 unspecified atom stereocenters. The maximum absolute atomic E-state index is 13.1. The van der Waals surface area contributed by atoms with E-state index >= 15 is 0 Å². The number of carbonyl (C=O) groups excluding carboxylic acids is 2. The maximum Gasteiger partial charge on any atom is 0.325 e. The molecule has 1 aromatic rings. The fourth-order valence-corrected chi connectivity index (χ4v) is 1.12. The van der Waals surface area contributed by atoms with Gasteiger partial charge in [0, 0.05) is 0 Å². The van der Waals surface area contributed by atoms with Crippen LogP contribution in [0, 0.1) is 5.82 Å². The van der Waals surface area contributed by atoms with Crippen molar-refractivity contribution in [2.24, 2.45) is 0 Å². The van der Waals surface area contributed by atoms with E-state index < -0.39 is 17.7 Å². The molecule has 1 N–H and O–H groups in total. The van der Waals surface area contributed by atoms with E-state index in [4.69, 9.17) is 0 Å². The summed E-state index contributed by atoms with van der Waals surface area (Å²) in [4.78, 5) is 22.0. The van der Waals surface area contributed by atoms with Crippen LogP contribution in [-0.2, 0) is 20.7 Å². The van der Waals surface area contributed by atoms with Gasteiger partial charge in [0.2, 0.25) is 5.91 Å². The Bertz CT molecular complexity index is 393. The second-order valence-corrected chi connectivity index (χ2v) is 3.12. The molecule has 1 amide bonds. The van der Waals surface area contributed by atoms with Gasteiger partial charge in [-0.3, -0.25) is 9.59 Å². The van der Waals surface area contributed by atoms with Crippen molar-refractivity contribution in [3.05, 3.63) is 35.6 Å². The quantitative estimate of drug-likeness (QED) is 0.766. The molecule has 0 heterocycles. The zero-order valence-corrected chi connectivity index (χ0v) is 8.83. The Hall–Kier alpha value is -1.91. The second kappa shape index (κ2) is 5.85. The highest BCUT2D eigenvalue weighted by Crippen LogP contribution is 2.06. The van der Waals surface area contributed by atoms with Gasteiger partial charge >= 0.3 is 5.97 Å². The molecule has 0 spiro atoms. The van der Waals surface area contributed by atoms with Crippen LogP contribution in [0.2, 0.25) is 0 Å². The minimum atomic E-state index is -0.540. The van der Waals surface area contributed by atoms with Gasteiger partial charge in [-0.15, -0.1) is 0 Å². The molecular formula is C11H12FNO3. The first-order valence-electron chi connectivity index (χ1n) is 4.70. The lowest BCUT2D eigenvalue weighted by Crippen LogP contribution is -2.31. The average molecular weight is 225 g/mol. The molecule has 16 heavy (non-hydrogen) atoms. The molecule has 0 radical (unpaired) electrons. The Kier molecular flexibility index (Phi) is 4.44. The van der Waals surface area contributed by atoms with Crippen LogP contribution in [0.5, 0.6) is 0 Å². The van der Waals surface area contributed by atoms with E-state index in [-0.39, 0.29) is 13.0 Å². The summed E-state index contributed by atoms with van der Waals surface area (Å²) in [5, 5.41) is 2.33. The normalized spacial score (nSPS) is 9.62. The van der Waals surface area contributed by atoms with Gasteiger partial charge in [0.1, 0.15) is 12.4 Å². The van der Waals surface area contributed by atoms with E-state index in [1.165, 1.54) is 19.2 Å². The molecule has 0 aromatic heterocycles. The lowest BCUT2D eigenvalue weighted by Gasteiger charge is -2.04. The molecule has 1 rings (SSSR count). The van der Waals surface area contributed by atoms with Gasteiger partial charge in [0.05, 0.1) is 13.5 Å². The highest BCUT2D eigenvalue weighted by atomic mass is 19.1. The highest BCUT2D eigenvalue weighted by Gasteiger charge is 2.08. The molecule has 86 valence electrons. The molecule has 1 aromatic carbocycles. The number of carbonyl (C=O) groups is 2. The van der Waals surface area contributed by atoms with E-state index in [1.54, 1.807) is 12.1 Å². The van der Waals surface area contributed by atoms with E-state index in [0.717, 1.165) is 0 Å². The van der Waals surface area contributed by atoms with Crippen molar-refractivity contribution in [3.8, 4) is 0 Å². The van der Waals surface area contributed by atoms with Gasteiger partial charge in [0.25, 0.3) is 0 Å². The van der Waals surface area contributed by atoms with E-state index in [9.17, 15) is 14.0 Å². The summed E-state index contributed by atoms with van der Waals surface area (Å²) >= 11 is 0. The van der Waals surface area contributed by atoms with Gasteiger partial charge < -0.3 is 10.1 Å². The Morgan fingerprint density at radius 1 is 1.38 bits per heavy atom. The fourth-order valence-electron chi connectivity index (χ4n) is 1.12. The van der Waals surface area contributed by atoms with Gasteiger partial charge in [0.15, 0.2) is 0 Å². The lowest BCUT2D eigenvalue weighted by molar-refractivity contribution is -0.141. The zero-order valence-electron chi connectivity index (χ0n) is 8.83. The third kappa shape index (κ3) is 3.68. The molecular weight excluding hydrogens is 213 g/mol. The topological polar surface area (TPSA) is 55.4 Å². The van der Waals surface area contributed by atoms with Crippen molar-refractivity contribution in [1.82, 2.24) is 5.32 Å². The van der Waals surface area contributed by atoms with Gasteiger partial charge in [-0.2, -0.15) is 0 Å². The summed E-state index contributed by atoms with van der Waals surface area (Å²) in [6.07, 6.45) is -0.0936. The molecule has 5 heteroatoms. The van der Waals surface area contributed by atoms with Crippen molar-refractivity contribution in [2.75, 3.05) is 13.7 Å². The monoisotopic (exact) mass is 225 g/mol. The zero-order chi connectivity index (χ0) is 12.0. The van der Waals surface area contributed by atoms with Crippen molar-refractivity contribution in [1.29, 1.82) is 0 Å². The Labute approximate surface area is 92.4 Å². The number of rotatable bonds is 4. The van der Waals surface area contributed by atoms with Crippen LogP contribution in [0.25, 0.3) is 0 Å². The molecule has 0 fully saturated rings. The number of hydrogen-bond donors (Lipinski definition) is 1. The number of hydrogen-bond acceptors (Lipinski definition) is 3. The summed E-state index contributed by atoms with van der Waals surface area (Å²) < 4.78 is 17.5. The average Bonchev–Trinajstić information content (AvgIpc) is 2.29. The van der Waals surface area contributed by atoms with Crippen LogP contribution >= 0.6 is 0 Å². The third-order valence-electron chi connectivity index (χ3n) is 1.97. The summed E-state index contributed by atoms with van der Waals surface area (Å²) in [5.74, 6) is -1.40. The molecule has 0 aliphatic heterocycles. The number of nitrogens with one attached hydrogen (secondary N) is 1. The third-order valence-corrected chi connectivity index (χ3v) is 1.97. The Balaban J connectivity index is 2.46. The van der Waals surface area contributed by atoms with Crippen LogP contribution in [0.15, 0.2) is 24.3 Å². The first kappa shape index (κ1) is 12.2. The van der Waals surface area contributed by atoms with Crippen molar-refractivity contribution in [2.45, 2.75) is 6.42 Å². The van der Waals surface area contributed by atoms with Gasteiger partial charge in [-0.05, 0) is 11.6 Å². The Morgan fingerprint density at radius 2 is 2.06 bits per heavy atom. The largest absolute Gasteiger partial charge is 0.468 e. The molecule has 0 atom stereocenters. The second-order valence-electron chi connectivity index (χ2n) is 3.12. The fraction of sp³-hybridized carbons (Fsp3) is 0.273. The van der Waals surface area contributed by atoms with Crippen LogP contribution in [0.4, 0.5) is 4.39 Å². The molecule has 4 nitrogen and oxygen atoms in total. The van der Waals surface area contributed by atoms with Crippen LogP contribution in [-0.4, -0.2) is 25.5 Å². The van der Waals surface area contributed by atoms with Crippen molar-refractivity contribution < 1.29 is 18.7 Å². The number of amides is 1. The molecule has 0 saturated heterocycles. The summed E-state index contributed by atoms with van der Waals surface area (Å²) in [7, 11) is 1.23. The number of esters is 1. The number of methoxy groups -OCH3 is 1. The van der Waals surface area contributed by atoms with Gasteiger partial charge in [-0.25, -0.2) is 4.39 Å².